The monoisotopic (exact) mass is 412 g/mol. The van der Waals surface area contributed by atoms with Gasteiger partial charge in [-0.2, -0.15) is 0 Å². The maximum Gasteiger partial charge on any atom is 0.240 e. The van der Waals surface area contributed by atoms with Crippen LogP contribution in [-0.4, -0.2) is 20.4 Å². The molecule has 0 unspecified atom stereocenters. The highest BCUT2D eigenvalue weighted by Gasteiger charge is 2.27. The third-order valence-corrected chi connectivity index (χ3v) is 5.89. The highest BCUT2D eigenvalue weighted by atomic mass is 35.5. The Bertz CT molecular complexity index is 890. The van der Waals surface area contributed by atoms with Crippen molar-refractivity contribution in [3.8, 4) is 0 Å². The minimum absolute atomic E-state index is 0.0726. The number of aryl methyl sites for hydroxylation is 1. The van der Waals surface area contributed by atoms with E-state index in [0.717, 1.165) is 18.4 Å². The van der Waals surface area contributed by atoms with Crippen LogP contribution in [0.15, 0.2) is 47.4 Å². The second-order valence-corrected chi connectivity index (χ2v) is 8.83. The van der Waals surface area contributed by atoms with E-state index in [-0.39, 0.29) is 23.3 Å². The van der Waals surface area contributed by atoms with Gasteiger partial charge in [0.05, 0.1) is 4.90 Å². The molecule has 0 heterocycles. The Morgan fingerprint density at radius 3 is 2.23 bits per heavy atom. The Balaban J connectivity index is 1.55. The second-order valence-electron chi connectivity index (χ2n) is 6.25. The predicted octanol–water partition coefficient (Wildman–Crippen LogP) is 4.01. The van der Waals surface area contributed by atoms with E-state index in [0.29, 0.717) is 22.2 Å². The van der Waals surface area contributed by atoms with Gasteiger partial charge in [-0.1, -0.05) is 35.3 Å². The van der Waals surface area contributed by atoms with E-state index in [1.807, 2.05) is 0 Å². The van der Waals surface area contributed by atoms with Crippen LogP contribution in [0.2, 0.25) is 10.0 Å². The van der Waals surface area contributed by atoms with Gasteiger partial charge in [-0.15, -0.1) is 0 Å². The summed E-state index contributed by atoms with van der Waals surface area (Å²) in [4.78, 5) is 12.3. The molecule has 0 saturated heterocycles. The van der Waals surface area contributed by atoms with E-state index < -0.39 is 10.0 Å². The number of hydrogen-bond acceptors (Lipinski definition) is 3. The Labute approximate surface area is 162 Å². The van der Waals surface area contributed by atoms with Crippen molar-refractivity contribution in [1.82, 2.24) is 4.72 Å². The van der Waals surface area contributed by atoms with Crippen molar-refractivity contribution in [1.29, 1.82) is 0 Å². The fraction of sp³-hybridized carbons (Fsp3) is 0.278. The summed E-state index contributed by atoms with van der Waals surface area (Å²) >= 11 is 11.8. The first kappa shape index (κ1) is 19.2. The topological polar surface area (TPSA) is 75.3 Å². The number of rotatable bonds is 7. The summed E-state index contributed by atoms with van der Waals surface area (Å²) in [7, 11) is -3.45. The molecule has 5 nitrogen and oxygen atoms in total. The molecule has 1 fully saturated rings. The predicted molar refractivity (Wildman–Crippen MR) is 103 cm³/mol. The third-order valence-electron chi connectivity index (χ3n) is 3.92. The second kappa shape index (κ2) is 7.96. The van der Waals surface area contributed by atoms with Crippen molar-refractivity contribution in [2.45, 2.75) is 36.6 Å². The van der Waals surface area contributed by atoms with Crippen molar-refractivity contribution in [2.75, 3.05) is 5.32 Å². The Morgan fingerprint density at radius 2 is 1.65 bits per heavy atom. The zero-order valence-corrected chi connectivity index (χ0v) is 16.2. The number of halogens is 2. The van der Waals surface area contributed by atoms with E-state index in [1.165, 1.54) is 0 Å². The first-order valence-corrected chi connectivity index (χ1v) is 10.4. The molecule has 0 atom stereocenters. The highest BCUT2D eigenvalue weighted by molar-refractivity contribution is 7.89. The summed E-state index contributed by atoms with van der Waals surface area (Å²) in [5.74, 6) is -0.171. The average molecular weight is 413 g/mol. The van der Waals surface area contributed by atoms with Crippen LogP contribution in [0.5, 0.6) is 0 Å². The summed E-state index contributed by atoms with van der Waals surface area (Å²) in [6.07, 6.45) is 2.54. The Morgan fingerprint density at radius 1 is 1.04 bits per heavy atom. The summed E-state index contributed by atoms with van der Waals surface area (Å²) in [6, 6.07) is 11.5. The molecule has 0 aromatic heterocycles. The van der Waals surface area contributed by atoms with Crippen molar-refractivity contribution < 1.29 is 13.2 Å². The first-order chi connectivity index (χ1) is 12.3. The van der Waals surface area contributed by atoms with E-state index in [1.54, 1.807) is 42.5 Å². The first-order valence-electron chi connectivity index (χ1n) is 8.19. The molecule has 8 heteroatoms. The summed E-state index contributed by atoms with van der Waals surface area (Å²) in [5.41, 5.74) is 1.43. The molecule has 0 spiro atoms. The Hall–Kier alpha value is -1.60. The molecule has 1 saturated carbocycles. The third kappa shape index (κ3) is 5.45. The Kier molecular flexibility index (Phi) is 5.87. The fourth-order valence-electron chi connectivity index (χ4n) is 2.43. The number of carbonyl (C=O) groups excluding carboxylic acids is 1. The smallest absolute Gasteiger partial charge is 0.240 e. The van der Waals surface area contributed by atoms with Gasteiger partial charge in [0.1, 0.15) is 0 Å². The van der Waals surface area contributed by atoms with Crippen LogP contribution in [0.4, 0.5) is 5.69 Å². The summed E-state index contributed by atoms with van der Waals surface area (Å²) in [5, 5.41) is 3.64. The van der Waals surface area contributed by atoms with Crippen LogP contribution in [0.3, 0.4) is 0 Å². The highest BCUT2D eigenvalue weighted by Crippen LogP contribution is 2.23. The van der Waals surface area contributed by atoms with Gasteiger partial charge in [-0.3, -0.25) is 4.79 Å². The molecule has 1 amide bonds. The normalized spacial score (nSPS) is 14.2. The molecule has 138 valence electrons. The fourth-order valence-corrected chi connectivity index (χ4v) is 4.26. The largest absolute Gasteiger partial charge is 0.326 e. The summed E-state index contributed by atoms with van der Waals surface area (Å²) in [6.45, 7) is 0. The molecular weight excluding hydrogens is 395 g/mol. The molecule has 0 aliphatic heterocycles. The van der Waals surface area contributed by atoms with E-state index in [4.69, 9.17) is 23.2 Å². The number of benzene rings is 2. The van der Waals surface area contributed by atoms with Crippen LogP contribution in [0.25, 0.3) is 0 Å². The summed E-state index contributed by atoms with van der Waals surface area (Å²) < 4.78 is 26.9. The van der Waals surface area contributed by atoms with E-state index >= 15 is 0 Å². The molecule has 26 heavy (non-hydrogen) atoms. The lowest BCUT2D eigenvalue weighted by Crippen LogP contribution is -2.25. The zero-order chi connectivity index (χ0) is 18.7. The molecule has 2 aromatic rings. The van der Waals surface area contributed by atoms with Crippen LogP contribution < -0.4 is 10.0 Å². The number of amides is 1. The molecule has 0 bridgehead atoms. The lowest BCUT2D eigenvalue weighted by molar-refractivity contribution is -0.116. The van der Waals surface area contributed by atoms with Gasteiger partial charge in [0, 0.05) is 28.2 Å². The number of sulfonamides is 1. The molecule has 2 aromatic carbocycles. The van der Waals surface area contributed by atoms with Crippen LogP contribution in [-0.2, 0) is 21.2 Å². The maximum absolute atomic E-state index is 12.1. The van der Waals surface area contributed by atoms with Crippen molar-refractivity contribution in [3.05, 3.63) is 58.1 Å². The van der Waals surface area contributed by atoms with Crippen LogP contribution >= 0.6 is 23.2 Å². The van der Waals surface area contributed by atoms with Gasteiger partial charge >= 0.3 is 0 Å². The van der Waals surface area contributed by atoms with Gasteiger partial charge in [-0.05, 0) is 55.2 Å². The van der Waals surface area contributed by atoms with Gasteiger partial charge in [0.2, 0.25) is 15.9 Å². The average Bonchev–Trinajstić information content (AvgIpc) is 3.35. The molecule has 1 aliphatic rings. The van der Waals surface area contributed by atoms with Crippen molar-refractivity contribution in [3.63, 3.8) is 0 Å². The lowest BCUT2D eigenvalue weighted by atomic mass is 10.1. The number of nitrogens with one attached hydrogen (secondary N) is 2. The van der Waals surface area contributed by atoms with E-state index in [9.17, 15) is 13.2 Å². The SMILES string of the molecule is O=C(CCc1ccc(S(=O)(=O)NC2CC2)cc1)Nc1cc(Cl)cc(Cl)c1. The van der Waals surface area contributed by atoms with E-state index in [2.05, 4.69) is 10.0 Å². The molecule has 0 radical (unpaired) electrons. The lowest BCUT2D eigenvalue weighted by Gasteiger charge is -2.08. The number of carbonyl (C=O) groups is 1. The van der Waals surface area contributed by atoms with Gasteiger partial charge in [0.15, 0.2) is 0 Å². The molecule has 2 N–H and O–H groups in total. The maximum atomic E-state index is 12.1. The van der Waals surface area contributed by atoms with Crippen LogP contribution in [0, 0.1) is 0 Å². The van der Waals surface area contributed by atoms with Crippen LogP contribution in [0.1, 0.15) is 24.8 Å². The molecule has 3 rings (SSSR count). The van der Waals surface area contributed by atoms with Gasteiger partial charge in [-0.25, -0.2) is 13.1 Å². The van der Waals surface area contributed by atoms with Crippen molar-refractivity contribution in [2.24, 2.45) is 0 Å². The van der Waals surface area contributed by atoms with Crippen molar-refractivity contribution >= 4 is 44.8 Å². The van der Waals surface area contributed by atoms with Gasteiger partial charge < -0.3 is 5.32 Å². The minimum atomic E-state index is -3.45. The van der Waals surface area contributed by atoms with Gasteiger partial charge in [0.25, 0.3) is 0 Å². The molecule has 1 aliphatic carbocycles. The molecular formula is C18H18Cl2N2O3S. The zero-order valence-electron chi connectivity index (χ0n) is 13.8. The standard InChI is InChI=1S/C18H18Cl2N2O3S/c19-13-9-14(20)11-16(10-13)21-18(23)8-3-12-1-6-17(7-2-12)26(24,25)22-15-4-5-15/h1-2,6-7,9-11,15,22H,3-5,8H2,(H,21,23). The number of anilines is 1. The minimum Gasteiger partial charge on any atom is -0.326 e. The quantitative estimate of drug-likeness (QED) is 0.721. The number of hydrogen-bond donors (Lipinski definition) is 2.